The average Bonchev–Trinajstić information content (AvgIpc) is 2.53. The van der Waals surface area contributed by atoms with Crippen molar-refractivity contribution in [1.29, 1.82) is 0 Å². The van der Waals surface area contributed by atoms with Gasteiger partial charge in [0.15, 0.2) is 0 Å². The molecule has 1 aromatic carbocycles. The fourth-order valence-corrected chi connectivity index (χ4v) is 2.72. The Bertz CT molecular complexity index is 798. The van der Waals surface area contributed by atoms with E-state index in [0.29, 0.717) is 12.2 Å². The van der Waals surface area contributed by atoms with Gasteiger partial charge in [0.25, 0.3) is 5.56 Å². The number of aromatic nitrogens is 1. The summed E-state index contributed by atoms with van der Waals surface area (Å²) in [6.07, 6.45) is 1.76. The maximum absolute atomic E-state index is 12.5. The molecule has 1 aromatic heterocycles. The highest BCUT2D eigenvalue weighted by Gasteiger charge is 2.22. The van der Waals surface area contributed by atoms with Crippen LogP contribution in [0.5, 0.6) is 5.75 Å². The molecule has 4 heteroatoms. The van der Waals surface area contributed by atoms with E-state index in [4.69, 9.17) is 9.47 Å². The quantitative estimate of drug-likeness (QED) is 0.898. The minimum Gasteiger partial charge on any atom is -0.496 e. The molecule has 0 aliphatic heterocycles. The summed E-state index contributed by atoms with van der Waals surface area (Å²) in [5.41, 5.74) is 3.87. The van der Waals surface area contributed by atoms with Crippen molar-refractivity contribution in [2.75, 3.05) is 14.2 Å². The predicted octanol–water partition coefficient (Wildman–Crippen LogP) is 4.14. The second-order valence-corrected chi connectivity index (χ2v) is 6.76. The Morgan fingerprint density at radius 1 is 1.21 bits per heavy atom. The summed E-state index contributed by atoms with van der Waals surface area (Å²) in [4.78, 5) is 15.3. The average molecular weight is 327 g/mol. The fraction of sp³-hybridized carbons (Fsp3) is 0.350. The number of nitrogens with one attached hydrogen (secondary N) is 1. The topological polar surface area (TPSA) is 51.3 Å². The third-order valence-electron chi connectivity index (χ3n) is 3.93. The first kappa shape index (κ1) is 18.0. The zero-order valence-corrected chi connectivity index (χ0v) is 15.0. The van der Waals surface area contributed by atoms with Crippen molar-refractivity contribution in [3.05, 3.63) is 58.0 Å². The number of benzene rings is 1. The van der Waals surface area contributed by atoms with Crippen molar-refractivity contribution >= 4 is 6.08 Å². The van der Waals surface area contributed by atoms with Crippen molar-refractivity contribution in [3.63, 3.8) is 0 Å². The molecule has 1 N–H and O–H groups in total. The smallest absolute Gasteiger partial charge is 0.256 e. The van der Waals surface area contributed by atoms with Crippen LogP contribution in [0, 0.1) is 0 Å². The molecule has 0 saturated heterocycles. The number of methoxy groups -OCH3 is 2. The van der Waals surface area contributed by atoms with Crippen LogP contribution >= 0.6 is 0 Å². The van der Waals surface area contributed by atoms with Crippen LogP contribution in [0.4, 0.5) is 0 Å². The lowest BCUT2D eigenvalue weighted by molar-refractivity contribution is 0.181. The van der Waals surface area contributed by atoms with Gasteiger partial charge in [0.05, 0.1) is 13.7 Å². The molecule has 0 spiro atoms. The van der Waals surface area contributed by atoms with Crippen molar-refractivity contribution in [2.45, 2.75) is 32.8 Å². The molecule has 24 heavy (non-hydrogen) atoms. The number of rotatable bonds is 5. The number of H-pyrrole nitrogens is 1. The Labute approximate surface area is 143 Å². The Kier molecular flexibility index (Phi) is 5.30. The second kappa shape index (κ2) is 7.05. The van der Waals surface area contributed by atoms with Crippen LogP contribution in [-0.2, 0) is 16.8 Å². The zero-order chi connectivity index (χ0) is 17.9. The Balaban J connectivity index is 2.67. The molecule has 0 aliphatic carbocycles. The predicted molar refractivity (Wildman–Crippen MR) is 98.6 cm³/mol. The highest BCUT2D eigenvalue weighted by atomic mass is 16.5. The molecule has 1 heterocycles. The summed E-state index contributed by atoms with van der Waals surface area (Å²) in [5, 5.41) is 0. The SMILES string of the molecule is C=Cc1cc(-c2ccc(COC)[nH]c2=O)cc(C(C)(C)C)c1OC. The maximum atomic E-state index is 12.5. The van der Waals surface area contributed by atoms with Gasteiger partial charge in [-0.2, -0.15) is 0 Å². The lowest BCUT2D eigenvalue weighted by atomic mass is 9.83. The first-order valence-corrected chi connectivity index (χ1v) is 7.88. The molecule has 2 rings (SSSR count). The van der Waals surface area contributed by atoms with E-state index in [1.807, 2.05) is 24.3 Å². The maximum Gasteiger partial charge on any atom is 0.256 e. The van der Waals surface area contributed by atoms with Gasteiger partial charge in [-0.25, -0.2) is 0 Å². The monoisotopic (exact) mass is 327 g/mol. The van der Waals surface area contributed by atoms with E-state index in [-0.39, 0.29) is 11.0 Å². The largest absolute Gasteiger partial charge is 0.496 e. The van der Waals surface area contributed by atoms with Gasteiger partial charge in [-0.15, -0.1) is 0 Å². The molecule has 4 nitrogen and oxygen atoms in total. The van der Waals surface area contributed by atoms with Gasteiger partial charge >= 0.3 is 0 Å². The van der Waals surface area contributed by atoms with E-state index in [1.54, 1.807) is 20.3 Å². The number of hydrogen-bond acceptors (Lipinski definition) is 3. The Morgan fingerprint density at radius 3 is 2.42 bits per heavy atom. The molecule has 0 amide bonds. The molecule has 0 bridgehead atoms. The van der Waals surface area contributed by atoms with E-state index in [9.17, 15) is 4.79 Å². The molecule has 0 fully saturated rings. The summed E-state index contributed by atoms with van der Waals surface area (Å²) >= 11 is 0. The van der Waals surface area contributed by atoms with Crippen LogP contribution < -0.4 is 10.3 Å². The molecule has 0 unspecified atom stereocenters. The van der Waals surface area contributed by atoms with Crippen molar-refractivity contribution < 1.29 is 9.47 Å². The first-order chi connectivity index (χ1) is 11.3. The summed E-state index contributed by atoms with van der Waals surface area (Å²) < 4.78 is 10.7. The van der Waals surface area contributed by atoms with Crippen LogP contribution in [0.3, 0.4) is 0 Å². The Morgan fingerprint density at radius 2 is 1.92 bits per heavy atom. The van der Waals surface area contributed by atoms with Gasteiger partial charge in [0.2, 0.25) is 0 Å². The van der Waals surface area contributed by atoms with E-state index < -0.39 is 0 Å². The van der Waals surface area contributed by atoms with Crippen LogP contribution in [-0.4, -0.2) is 19.2 Å². The summed E-state index contributed by atoms with van der Waals surface area (Å²) in [6.45, 7) is 10.6. The highest BCUT2D eigenvalue weighted by molar-refractivity contribution is 5.72. The lowest BCUT2D eigenvalue weighted by Crippen LogP contribution is -2.15. The number of aromatic amines is 1. The van der Waals surface area contributed by atoms with Gasteiger partial charge < -0.3 is 14.5 Å². The molecule has 2 aromatic rings. The first-order valence-electron chi connectivity index (χ1n) is 7.88. The van der Waals surface area contributed by atoms with Gasteiger partial charge in [-0.05, 0) is 35.2 Å². The van der Waals surface area contributed by atoms with Gasteiger partial charge in [0, 0.05) is 29.5 Å². The van der Waals surface area contributed by atoms with E-state index >= 15 is 0 Å². The third-order valence-corrected chi connectivity index (χ3v) is 3.93. The van der Waals surface area contributed by atoms with E-state index in [2.05, 4.69) is 32.3 Å². The van der Waals surface area contributed by atoms with E-state index in [1.165, 1.54) is 0 Å². The van der Waals surface area contributed by atoms with Crippen LogP contribution in [0.15, 0.2) is 35.6 Å². The zero-order valence-electron chi connectivity index (χ0n) is 15.0. The van der Waals surface area contributed by atoms with Crippen LogP contribution in [0.1, 0.15) is 37.6 Å². The molecule has 128 valence electrons. The van der Waals surface area contributed by atoms with Gasteiger partial charge in [-0.1, -0.05) is 33.4 Å². The Hall–Kier alpha value is -2.33. The third kappa shape index (κ3) is 3.60. The molecule has 0 saturated carbocycles. The fourth-order valence-electron chi connectivity index (χ4n) is 2.72. The summed E-state index contributed by atoms with van der Waals surface area (Å²) in [5.74, 6) is 0.800. The van der Waals surface area contributed by atoms with Gasteiger partial charge in [-0.3, -0.25) is 4.79 Å². The summed E-state index contributed by atoms with van der Waals surface area (Å²) in [6, 6.07) is 7.65. The number of hydrogen-bond donors (Lipinski definition) is 1. The molecular weight excluding hydrogens is 302 g/mol. The van der Waals surface area contributed by atoms with E-state index in [0.717, 1.165) is 28.1 Å². The molecule has 0 radical (unpaired) electrons. The molecule has 0 aliphatic rings. The van der Waals surface area contributed by atoms with Crippen LogP contribution in [0.2, 0.25) is 0 Å². The molecular formula is C20H25NO3. The van der Waals surface area contributed by atoms with Crippen molar-refractivity contribution in [1.82, 2.24) is 4.98 Å². The molecule has 0 atom stereocenters. The second-order valence-electron chi connectivity index (χ2n) is 6.76. The number of pyridine rings is 1. The van der Waals surface area contributed by atoms with Crippen molar-refractivity contribution in [2.24, 2.45) is 0 Å². The normalized spacial score (nSPS) is 11.4. The van der Waals surface area contributed by atoms with Crippen LogP contribution in [0.25, 0.3) is 17.2 Å². The summed E-state index contributed by atoms with van der Waals surface area (Å²) in [7, 11) is 3.26. The highest BCUT2D eigenvalue weighted by Crippen LogP contribution is 2.37. The standard InChI is InChI=1S/C20H25NO3/c1-7-13-10-14(11-17(18(13)24-6)20(2,3)4)16-9-8-15(12-23-5)21-19(16)22/h7-11H,1,12H2,2-6H3,(H,21,22). The van der Waals surface area contributed by atoms with Crippen molar-refractivity contribution in [3.8, 4) is 16.9 Å². The minimum atomic E-state index is -0.135. The van der Waals surface area contributed by atoms with Gasteiger partial charge in [0.1, 0.15) is 5.75 Å². The lowest BCUT2D eigenvalue weighted by Gasteiger charge is -2.24. The number of ether oxygens (including phenoxy) is 2. The minimum absolute atomic E-state index is 0.123.